The molecule has 37 heavy (non-hydrogen) atoms. The smallest absolute Gasteiger partial charge is 0.251 e. The van der Waals surface area contributed by atoms with Crippen molar-refractivity contribution >= 4 is 50.8 Å². The number of halogens is 3. The maximum Gasteiger partial charge on any atom is 0.251 e. The van der Waals surface area contributed by atoms with Crippen LogP contribution in [0.5, 0.6) is 0 Å². The van der Waals surface area contributed by atoms with Crippen molar-refractivity contribution in [2.75, 3.05) is 5.32 Å². The molecular weight excluding hydrogens is 527 g/mol. The van der Waals surface area contributed by atoms with E-state index in [4.69, 9.17) is 0 Å². The Balaban J connectivity index is 1.50. The fraction of sp³-hybridized carbons (Fsp3) is 0.0800. The Morgan fingerprint density at radius 2 is 1.97 bits per heavy atom. The van der Waals surface area contributed by atoms with Gasteiger partial charge in [-0.15, -0.1) is 11.3 Å². The highest BCUT2D eigenvalue weighted by Gasteiger charge is 2.26. The van der Waals surface area contributed by atoms with E-state index in [0.717, 1.165) is 29.5 Å². The van der Waals surface area contributed by atoms with E-state index >= 15 is 4.39 Å². The standard InChI is InChI=1S/C25H16F3N3O4S2/c26-14-3-1-2-12(8-14)25(33)31-18-5-4-17(27)21(22(18)28)23(32)16-11-30-24-15(16)9-13(10-29-24)19-6-7-20(36-19)37(34)35/h3-11H,1-2H2,(H,29,30)(H,31,33)(H,34,35)/p-1. The van der Waals surface area contributed by atoms with Gasteiger partial charge in [-0.25, -0.2) is 18.2 Å². The molecule has 1 aliphatic rings. The van der Waals surface area contributed by atoms with E-state index in [9.17, 15) is 27.1 Å². The molecule has 1 amide bonds. The molecule has 0 radical (unpaired) electrons. The van der Waals surface area contributed by atoms with Gasteiger partial charge in [-0.3, -0.25) is 13.8 Å². The van der Waals surface area contributed by atoms with Crippen molar-refractivity contribution in [3.8, 4) is 10.4 Å². The molecule has 0 aliphatic heterocycles. The molecule has 1 atom stereocenters. The Kier molecular flexibility index (Phi) is 6.63. The van der Waals surface area contributed by atoms with Crippen LogP contribution in [0.15, 0.2) is 70.5 Å². The average molecular weight is 543 g/mol. The van der Waals surface area contributed by atoms with Crippen LogP contribution in [-0.2, 0) is 15.9 Å². The summed E-state index contributed by atoms with van der Waals surface area (Å²) in [4.78, 5) is 33.4. The summed E-state index contributed by atoms with van der Waals surface area (Å²) in [6, 6.07) is 6.42. The molecule has 7 nitrogen and oxygen atoms in total. The molecule has 0 saturated heterocycles. The number of hydrogen-bond acceptors (Lipinski definition) is 6. The number of amides is 1. The molecule has 12 heteroatoms. The molecule has 0 bridgehead atoms. The summed E-state index contributed by atoms with van der Waals surface area (Å²) in [5, 5.41) is 2.55. The number of hydrogen-bond donors (Lipinski definition) is 2. The van der Waals surface area contributed by atoms with E-state index in [1.165, 1.54) is 24.5 Å². The van der Waals surface area contributed by atoms with Gasteiger partial charge in [0.1, 0.15) is 17.3 Å². The van der Waals surface area contributed by atoms with Gasteiger partial charge < -0.3 is 14.9 Å². The van der Waals surface area contributed by atoms with Crippen LogP contribution >= 0.6 is 11.3 Å². The second-order valence-electron chi connectivity index (χ2n) is 8.04. The van der Waals surface area contributed by atoms with Crippen molar-refractivity contribution in [1.82, 2.24) is 9.97 Å². The molecule has 3 heterocycles. The Labute approximate surface area is 214 Å². The highest BCUT2D eigenvalue weighted by Crippen LogP contribution is 2.33. The largest absolute Gasteiger partial charge is 0.768 e. The second-order valence-corrected chi connectivity index (χ2v) is 10.3. The molecule has 0 spiro atoms. The van der Waals surface area contributed by atoms with Crippen LogP contribution in [0.25, 0.3) is 21.5 Å². The Hall–Kier alpha value is -3.87. The Morgan fingerprint density at radius 1 is 1.16 bits per heavy atom. The molecule has 2 N–H and O–H groups in total. The highest BCUT2D eigenvalue weighted by molar-refractivity contribution is 7.81. The average Bonchev–Trinajstić information content (AvgIpc) is 3.53. The molecule has 188 valence electrons. The number of fused-ring (bicyclic) bond motifs is 1. The van der Waals surface area contributed by atoms with Crippen LogP contribution in [0.4, 0.5) is 18.9 Å². The topological polar surface area (TPSA) is 115 Å². The van der Waals surface area contributed by atoms with E-state index in [0.29, 0.717) is 16.9 Å². The van der Waals surface area contributed by atoms with Crippen LogP contribution in [0.2, 0.25) is 0 Å². The Morgan fingerprint density at radius 3 is 2.70 bits per heavy atom. The lowest BCUT2D eigenvalue weighted by Crippen LogP contribution is -2.18. The van der Waals surface area contributed by atoms with Gasteiger partial charge in [0, 0.05) is 39.4 Å². The van der Waals surface area contributed by atoms with E-state index < -0.39 is 51.5 Å². The second kappa shape index (κ2) is 9.88. The third-order valence-electron chi connectivity index (χ3n) is 5.73. The molecule has 1 unspecified atom stereocenters. The fourth-order valence-corrected chi connectivity index (χ4v) is 5.37. The number of benzene rings is 1. The number of carbonyl (C=O) groups excluding carboxylic acids is 2. The number of nitrogens with one attached hydrogen (secondary N) is 2. The Bertz CT molecular complexity index is 1670. The first kappa shape index (κ1) is 24.8. The van der Waals surface area contributed by atoms with Gasteiger partial charge in [-0.2, -0.15) is 0 Å². The summed E-state index contributed by atoms with van der Waals surface area (Å²) < 4.78 is 66.1. The van der Waals surface area contributed by atoms with Gasteiger partial charge in [-0.05, 0) is 66.4 Å². The molecule has 5 rings (SSSR count). The number of nitrogens with zero attached hydrogens (tertiary/aromatic N) is 1. The number of pyridine rings is 1. The quantitative estimate of drug-likeness (QED) is 0.245. The first-order valence-corrected chi connectivity index (χ1v) is 12.7. The van der Waals surface area contributed by atoms with Crippen molar-refractivity contribution in [1.29, 1.82) is 0 Å². The van der Waals surface area contributed by atoms with Crippen LogP contribution in [0.3, 0.4) is 0 Å². The predicted molar refractivity (Wildman–Crippen MR) is 132 cm³/mol. The third-order valence-corrected chi connectivity index (χ3v) is 7.78. The van der Waals surface area contributed by atoms with Crippen molar-refractivity contribution in [3.05, 3.63) is 89.0 Å². The number of ketones is 1. The van der Waals surface area contributed by atoms with Gasteiger partial charge in [-0.1, -0.05) is 0 Å². The number of carbonyl (C=O) groups is 2. The molecular formula is C25H15F3N3O4S2-. The normalized spacial score (nSPS) is 14.3. The van der Waals surface area contributed by atoms with Gasteiger partial charge >= 0.3 is 0 Å². The number of H-pyrrole nitrogens is 1. The van der Waals surface area contributed by atoms with Crippen LogP contribution < -0.4 is 5.32 Å². The van der Waals surface area contributed by atoms with E-state index in [2.05, 4.69) is 15.3 Å². The summed E-state index contributed by atoms with van der Waals surface area (Å²) in [5.41, 5.74) is -0.511. The first-order chi connectivity index (χ1) is 17.7. The minimum Gasteiger partial charge on any atom is -0.768 e. The van der Waals surface area contributed by atoms with Crippen molar-refractivity contribution in [2.24, 2.45) is 0 Å². The highest BCUT2D eigenvalue weighted by atomic mass is 32.2. The van der Waals surface area contributed by atoms with Gasteiger partial charge in [0.25, 0.3) is 5.91 Å². The number of rotatable bonds is 6. The minimum atomic E-state index is -2.40. The molecule has 1 aromatic carbocycles. The summed E-state index contributed by atoms with van der Waals surface area (Å²) in [6.45, 7) is 0. The van der Waals surface area contributed by atoms with Gasteiger partial charge in [0.2, 0.25) is 5.78 Å². The van der Waals surface area contributed by atoms with Crippen molar-refractivity contribution in [3.63, 3.8) is 0 Å². The van der Waals surface area contributed by atoms with E-state index in [-0.39, 0.29) is 32.8 Å². The summed E-state index contributed by atoms with van der Waals surface area (Å²) in [6.07, 6.45) is 5.64. The molecule has 1 aliphatic carbocycles. The van der Waals surface area contributed by atoms with Gasteiger partial charge in [0.05, 0.1) is 15.5 Å². The van der Waals surface area contributed by atoms with Crippen LogP contribution in [0, 0.1) is 11.6 Å². The van der Waals surface area contributed by atoms with Crippen molar-refractivity contribution in [2.45, 2.75) is 17.1 Å². The summed E-state index contributed by atoms with van der Waals surface area (Å²) in [5.74, 6) is -4.74. The lowest BCUT2D eigenvalue weighted by Gasteiger charge is -2.13. The number of allylic oxidation sites excluding steroid dienone is 3. The zero-order chi connectivity index (χ0) is 26.3. The third kappa shape index (κ3) is 4.78. The monoisotopic (exact) mass is 542 g/mol. The molecule has 0 fully saturated rings. The van der Waals surface area contributed by atoms with E-state index in [1.54, 1.807) is 12.1 Å². The lowest BCUT2D eigenvalue weighted by molar-refractivity contribution is -0.113. The fourth-order valence-electron chi connectivity index (χ4n) is 3.93. The SMILES string of the molecule is O=C(Nc1ccc(F)c(C(=O)c2c[nH]c3ncc(-c4ccc(S(=O)[O-])s4)cc23)c1F)C1=CC(F)=CCC1. The van der Waals surface area contributed by atoms with Crippen LogP contribution in [-0.4, -0.2) is 30.4 Å². The molecule has 3 aromatic heterocycles. The number of thiophene rings is 1. The molecule has 4 aromatic rings. The van der Waals surface area contributed by atoms with E-state index in [1.807, 2.05) is 0 Å². The van der Waals surface area contributed by atoms with Crippen LogP contribution in [0.1, 0.15) is 28.8 Å². The van der Waals surface area contributed by atoms with Crippen molar-refractivity contribution < 1.29 is 31.5 Å². The summed E-state index contributed by atoms with van der Waals surface area (Å²) in [7, 11) is 0. The lowest BCUT2D eigenvalue weighted by atomic mass is 10.00. The number of aromatic nitrogens is 2. The minimum absolute atomic E-state index is 0.0722. The first-order valence-electron chi connectivity index (χ1n) is 10.8. The number of aromatic amines is 1. The number of anilines is 1. The zero-order valence-electron chi connectivity index (χ0n) is 18.6. The zero-order valence-corrected chi connectivity index (χ0v) is 20.3. The van der Waals surface area contributed by atoms with Gasteiger partial charge in [0.15, 0.2) is 5.82 Å². The maximum atomic E-state index is 15.3. The maximum absolute atomic E-state index is 15.3. The summed E-state index contributed by atoms with van der Waals surface area (Å²) >= 11 is -1.40. The molecule has 0 saturated carbocycles. The predicted octanol–water partition coefficient (Wildman–Crippen LogP) is 5.55.